The van der Waals surface area contributed by atoms with Crippen molar-refractivity contribution in [3.8, 4) is 23.0 Å². The Balaban J connectivity index is 3.58. The molecule has 0 heterocycles. The van der Waals surface area contributed by atoms with Gasteiger partial charge in [0.15, 0.2) is 11.5 Å². The summed E-state index contributed by atoms with van der Waals surface area (Å²) in [6.07, 6.45) is 0. The summed E-state index contributed by atoms with van der Waals surface area (Å²) in [5.74, 6) is 1.09. The zero-order valence-corrected chi connectivity index (χ0v) is 11.1. The van der Waals surface area contributed by atoms with Crippen molar-refractivity contribution in [2.75, 3.05) is 35.5 Å². The summed E-state index contributed by atoms with van der Waals surface area (Å²) in [6, 6.07) is 1.54. The molecule has 1 N–H and O–H groups in total. The van der Waals surface area contributed by atoms with Crippen LogP contribution in [0.25, 0.3) is 0 Å². The molecule has 0 bridgehead atoms. The van der Waals surface area contributed by atoms with Crippen LogP contribution in [-0.2, 0) is 0 Å². The van der Waals surface area contributed by atoms with Crippen molar-refractivity contribution >= 4 is 5.91 Å². The summed E-state index contributed by atoms with van der Waals surface area (Å²) in [4.78, 5) is 11.8. The molecule has 6 heteroatoms. The molecular formula is C12H17NO5. The number of ether oxygens (including phenoxy) is 4. The molecule has 0 unspecified atom stereocenters. The first-order valence-electron chi connectivity index (χ1n) is 5.23. The van der Waals surface area contributed by atoms with Crippen molar-refractivity contribution in [3.63, 3.8) is 0 Å². The smallest absolute Gasteiger partial charge is 0.255 e. The Hall–Kier alpha value is -2.11. The van der Waals surface area contributed by atoms with Crippen LogP contribution in [0.5, 0.6) is 23.0 Å². The molecule has 0 aliphatic heterocycles. The van der Waals surface area contributed by atoms with Gasteiger partial charge in [-0.15, -0.1) is 0 Å². The Labute approximate surface area is 106 Å². The lowest BCUT2D eigenvalue weighted by Gasteiger charge is -2.17. The Morgan fingerprint density at radius 2 is 1.50 bits per heavy atom. The van der Waals surface area contributed by atoms with Gasteiger partial charge < -0.3 is 24.3 Å². The predicted molar refractivity (Wildman–Crippen MR) is 66.0 cm³/mol. The molecular weight excluding hydrogens is 238 g/mol. The third kappa shape index (κ3) is 2.27. The number of hydrogen-bond donors (Lipinski definition) is 1. The van der Waals surface area contributed by atoms with E-state index in [1.54, 1.807) is 6.07 Å². The lowest BCUT2D eigenvalue weighted by molar-refractivity contribution is 0.0959. The molecule has 0 spiro atoms. The van der Waals surface area contributed by atoms with Gasteiger partial charge in [0.25, 0.3) is 5.91 Å². The second-order valence-corrected chi connectivity index (χ2v) is 3.31. The maximum Gasteiger partial charge on any atom is 0.255 e. The first-order valence-corrected chi connectivity index (χ1v) is 5.23. The average Bonchev–Trinajstić information content (AvgIpc) is 2.43. The Morgan fingerprint density at radius 3 is 1.89 bits per heavy atom. The van der Waals surface area contributed by atoms with Gasteiger partial charge in [0, 0.05) is 13.1 Å². The van der Waals surface area contributed by atoms with Crippen molar-refractivity contribution in [3.05, 3.63) is 11.6 Å². The molecule has 100 valence electrons. The summed E-state index contributed by atoms with van der Waals surface area (Å²) in [5, 5.41) is 2.53. The van der Waals surface area contributed by atoms with Crippen LogP contribution in [0.4, 0.5) is 0 Å². The number of nitrogens with one attached hydrogen (secondary N) is 1. The minimum atomic E-state index is -0.300. The van der Waals surface area contributed by atoms with Gasteiger partial charge >= 0.3 is 0 Å². The summed E-state index contributed by atoms with van der Waals surface area (Å²) < 4.78 is 20.8. The number of methoxy groups -OCH3 is 4. The molecule has 0 fully saturated rings. The molecule has 1 amide bonds. The molecule has 0 radical (unpaired) electrons. The van der Waals surface area contributed by atoms with Crippen molar-refractivity contribution in [1.29, 1.82) is 0 Å². The fourth-order valence-corrected chi connectivity index (χ4v) is 1.64. The van der Waals surface area contributed by atoms with Crippen LogP contribution in [0.1, 0.15) is 10.4 Å². The van der Waals surface area contributed by atoms with E-state index in [1.807, 2.05) is 0 Å². The second-order valence-electron chi connectivity index (χ2n) is 3.31. The topological polar surface area (TPSA) is 66.0 Å². The van der Waals surface area contributed by atoms with Crippen molar-refractivity contribution < 1.29 is 23.7 Å². The summed E-state index contributed by atoms with van der Waals surface area (Å²) in [7, 11) is 7.42. The van der Waals surface area contributed by atoms with Crippen molar-refractivity contribution in [1.82, 2.24) is 5.32 Å². The van der Waals surface area contributed by atoms with Crippen LogP contribution in [0.2, 0.25) is 0 Å². The van der Waals surface area contributed by atoms with E-state index in [1.165, 1.54) is 35.5 Å². The minimum Gasteiger partial charge on any atom is -0.493 e. The number of carbonyl (C=O) groups excluding carboxylic acids is 1. The highest BCUT2D eigenvalue weighted by Crippen LogP contribution is 2.46. The van der Waals surface area contributed by atoms with E-state index in [0.717, 1.165) is 0 Å². The summed E-state index contributed by atoms with van der Waals surface area (Å²) in [5.41, 5.74) is 0.314. The predicted octanol–water partition coefficient (Wildman–Crippen LogP) is 1.08. The first-order chi connectivity index (χ1) is 8.64. The SMILES string of the molecule is CNC(=O)c1cc(OC)c(OC)c(OC)c1OC. The average molecular weight is 255 g/mol. The van der Waals surface area contributed by atoms with Crippen molar-refractivity contribution in [2.45, 2.75) is 0 Å². The molecule has 0 saturated carbocycles. The zero-order valence-electron chi connectivity index (χ0n) is 11.1. The Morgan fingerprint density at radius 1 is 0.944 bits per heavy atom. The Kier molecular flexibility index (Phi) is 4.65. The molecule has 6 nitrogen and oxygen atoms in total. The van der Waals surface area contributed by atoms with Gasteiger partial charge in [0.05, 0.1) is 34.0 Å². The van der Waals surface area contributed by atoms with E-state index in [4.69, 9.17) is 18.9 Å². The van der Waals surface area contributed by atoms with Gasteiger partial charge in [-0.2, -0.15) is 0 Å². The van der Waals surface area contributed by atoms with Gasteiger partial charge in [-0.1, -0.05) is 0 Å². The van der Waals surface area contributed by atoms with Crippen LogP contribution in [0.15, 0.2) is 6.07 Å². The lowest BCUT2D eigenvalue weighted by Crippen LogP contribution is -2.19. The van der Waals surface area contributed by atoms with Gasteiger partial charge in [0.1, 0.15) is 0 Å². The van der Waals surface area contributed by atoms with Gasteiger partial charge in [-0.05, 0) is 0 Å². The number of benzene rings is 1. The maximum atomic E-state index is 11.8. The quantitative estimate of drug-likeness (QED) is 0.852. The van der Waals surface area contributed by atoms with Crippen LogP contribution in [0.3, 0.4) is 0 Å². The summed E-state index contributed by atoms with van der Waals surface area (Å²) in [6.45, 7) is 0. The highest BCUT2D eigenvalue weighted by Gasteiger charge is 2.24. The van der Waals surface area contributed by atoms with E-state index in [-0.39, 0.29) is 5.91 Å². The monoisotopic (exact) mass is 255 g/mol. The van der Waals surface area contributed by atoms with Crippen LogP contribution in [0, 0.1) is 0 Å². The highest BCUT2D eigenvalue weighted by atomic mass is 16.5. The second kappa shape index (κ2) is 6.00. The molecule has 1 rings (SSSR count). The summed E-state index contributed by atoms with van der Waals surface area (Å²) >= 11 is 0. The first kappa shape index (κ1) is 14.0. The molecule has 18 heavy (non-hydrogen) atoms. The molecule has 0 aliphatic rings. The third-order valence-electron chi connectivity index (χ3n) is 2.46. The van der Waals surface area contributed by atoms with E-state index in [9.17, 15) is 4.79 Å². The molecule has 1 aromatic carbocycles. The van der Waals surface area contributed by atoms with Crippen LogP contribution in [-0.4, -0.2) is 41.4 Å². The molecule has 0 atom stereocenters. The molecule has 0 saturated heterocycles. The minimum absolute atomic E-state index is 0.300. The number of carbonyl (C=O) groups is 1. The third-order valence-corrected chi connectivity index (χ3v) is 2.46. The number of hydrogen-bond acceptors (Lipinski definition) is 5. The number of amides is 1. The van der Waals surface area contributed by atoms with E-state index < -0.39 is 0 Å². The Bertz CT molecular complexity index is 445. The van der Waals surface area contributed by atoms with Crippen LogP contribution < -0.4 is 24.3 Å². The zero-order chi connectivity index (χ0) is 13.7. The largest absolute Gasteiger partial charge is 0.493 e. The molecule has 0 aliphatic carbocycles. The normalized spacial score (nSPS) is 9.61. The van der Waals surface area contributed by atoms with Gasteiger partial charge in [-0.25, -0.2) is 0 Å². The van der Waals surface area contributed by atoms with E-state index in [2.05, 4.69) is 5.32 Å². The highest BCUT2D eigenvalue weighted by molar-refractivity contribution is 5.99. The lowest BCUT2D eigenvalue weighted by atomic mass is 10.1. The fraction of sp³-hybridized carbons (Fsp3) is 0.417. The van der Waals surface area contributed by atoms with E-state index in [0.29, 0.717) is 28.6 Å². The van der Waals surface area contributed by atoms with Crippen molar-refractivity contribution in [2.24, 2.45) is 0 Å². The fourth-order valence-electron chi connectivity index (χ4n) is 1.64. The van der Waals surface area contributed by atoms with Gasteiger partial charge in [-0.3, -0.25) is 4.79 Å². The van der Waals surface area contributed by atoms with E-state index >= 15 is 0 Å². The molecule has 0 aromatic heterocycles. The molecule has 1 aromatic rings. The van der Waals surface area contributed by atoms with Crippen LogP contribution >= 0.6 is 0 Å². The maximum absolute atomic E-state index is 11.8. The standard InChI is InChI=1S/C12H17NO5/c1-13-12(14)7-6-8(15-2)10(17-4)11(18-5)9(7)16-3/h6H,1-5H3,(H,13,14). The van der Waals surface area contributed by atoms with Gasteiger partial charge in [0.2, 0.25) is 11.5 Å². The number of rotatable bonds is 5.